The van der Waals surface area contributed by atoms with Crippen LogP contribution in [0.5, 0.6) is 11.5 Å². The second-order valence-corrected chi connectivity index (χ2v) is 10.7. The Morgan fingerprint density at radius 1 is 0.921 bits per heavy atom. The van der Waals surface area contributed by atoms with Crippen molar-refractivity contribution < 1.29 is 27.4 Å². The number of anilines is 1. The molecule has 0 atom stereocenters. The number of hydrogen-bond donors (Lipinski definition) is 1. The third kappa shape index (κ3) is 6.83. The molecule has 0 radical (unpaired) electrons. The molecule has 202 valence electrons. The highest BCUT2D eigenvalue weighted by atomic mass is 32.2. The number of carbonyl (C=O) groups is 1. The van der Waals surface area contributed by atoms with Gasteiger partial charge >= 0.3 is 0 Å². The van der Waals surface area contributed by atoms with E-state index < -0.39 is 22.5 Å². The molecule has 0 unspecified atom stereocenters. The van der Waals surface area contributed by atoms with E-state index in [1.165, 1.54) is 31.9 Å². The van der Waals surface area contributed by atoms with E-state index in [9.17, 15) is 13.2 Å². The molecule has 0 aromatic heterocycles. The Hall–Kier alpha value is -3.60. The summed E-state index contributed by atoms with van der Waals surface area (Å²) < 4.78 is 44.3. The monoisotopic (exact) mass is 539 g/mol. The summed E-state index contributed by atoms with van der Waals surface area (Å²) in [4.78, 5) is 15.4. The van der Waals surface area contributed by atoms with Crippen molar-refractivity contribution in [2.24, 2.45) is 0 Å². The van der Waals surface area contributed by atoms with Gasteiger partial charge in [0.2, 0.25) is 5.91 Å². The van der Waals surface area contributed by atoms with Crippen molar-refractivity contribution in [2.45, 2.75) is 18.0 Å². The summed E-state index contributed by atoms with van der Waals surface area (Å²) in [5.74, 6) is 0.431. The van der Waals surface area contributed by atoms with Crippen LogP contribution in [0.25, 0.3) is 0 Å². The van der Waals surface area contributed by atoms with Gasteiger partial charge in [-0.15, -0.1) is 0 Å². The zero-order valence-electron chi connectivity index (χ0n) is 21.6. The first-order valence-corrected chi connectivity index (χ1v) is 13.8. The Morgan fingerprint density at radius 2 is 1.58 bits per heavy atom. The van der Waals surface area contributed by atoms with Crippen molar-refractivity contribution >= 4 is 21.6 Å². The number of carbonyl (C=O) groups excluding carboxylic acids is 1. The molecule has 0 aliphatic carbocycles. The maximum Gasteiger partial charge on any atom is 0.264 e. The van der Waals surface area contributed by atoms with Gasteiger partial charge in [0.25, 0.3) is 10.0 Å². The molecule has 3 aromatic carbocycles. The van der Waals surface area contributed by atoms with Crippen molar-refractivity contribution in [3.63, 3.8) is 0 Å². The van der Waals surface area contributed by atoms with E-state index in [0.717, 1.165) is 42.7 Å². The average molecular weight is 540 g/mol. The highest BCUT2D eigenvalue weighted by Gasteiger charge is 2.29. The average Bonchev–Trinajstić information content (AvgIpc) is 2.96. The predicted octanol–water partition coefficient (Wildman–Crippen LogP) is 3.05. The van der Waals surface area contributed by atoms with Gasteiger partial charge in [-0.2, -0.15) is 0 Å². The molecule has 3 aromatic rings. The first kappa shape index (κ1) is 27.4. The number of rotatable bonds is 11. The minimum atomic E-state index is -4.09. The van der Waals surface area contributed by atoms with Crippen LogP contribution in [0.15, 0.2) is 77.7 Å². The molecular formula is C28H33N3O6S. The second-order valence-electron chi connectivity index (χ2n) is 8.84. The molecule has 1 aliphatic rings. The number of amides is 1. The summed E-state index contributed by atoms with van der Waals surface area (Å²) in [6.07, 6.45) is 0. The van der Waals surface area contributed by atoms with Gasteiger partial charge in [0.15, 0.2) is 0 Å². The molecular weight excluding hydrogens is 506 g/mol. The van der Waals surface area contributed by atoms with E-state index in [2.05, 4.69) is 10.2 Å². The number of hydrogen-bond acceptors (Lipinski definition) is 7. The number of benzene rings is 3. The highest BCUT2D eigenvalue weighted by molar-refractivity contribution is 7.92. The minimum absolute atomic E-state index is 0.0351. The summed E-state index contributed by atoms with van der Waals surface area (Å²) in [7, 11) is -1.12. The van der Waals surface area contributed by atoms with E-state index in [1.807, 2.05) is 24.3 Å². The molecule has 9 nitrogen and oxygen atoms in total. The minimum Gasteiger partial charge on any atom is -0.497 e. The zero-order chi connectivity index (χ0) is 27.0. The van der Waals surface area contributed by atoms with Crippen molar-refractivity contribution in [1.82, 2.24) is 10.2 Å². The van der Waals surface area contributed by atoms with Crippen LogP contribution in [0.2, 0.25) is 0 Å². The van der Waals surface area contributed by atoms with Crippen LogP contribution in [0.1, 0.15) is 11.1 Å². The predicted molar refractivity (Wildman–Crippen MR) is 145 cm³/mol. The lowest BCUT2D eigenvalue weighted by atomic mass is 10.1. The van der Waals surface area contributed by atoms with E-state index in [4.69, 9.17) is 14.2 Å². The number of para-hydroxylation sites is 2. The highest BCUT2D eigenvalue weighted by Crippen LogP contribution is 2.32. The van der Waals surface area contributed by atoms with Gasteiger partial charge < -0.3 is 19.5 Å². The lowest BCUT2D eigenvalue weighted by Crippen LogP contribution is -2.40. The Morgan fingerprint density at radius 3 is 2.24 bits per heavy atom. The van der Waals surface area contributed by atoms with Gasteiger partial charge in [-0.3, -0.25) is 14.0 Å². The van der Waals surface area contributed by atoms with Gasteiger partial charge in [-0.1, -0.05) is 36.4 Å². The Kier molecular flexibility index (Phi) is 9.22. The molecule has 1 aliphatic heterocycles. The summed E-state index contributed by atoms with van der Waals surface area (Å²) in [5.41, 5.74) is 2.38. The largest absolute Gasteiger partial charge is 0.497 e. The van der Waals surface area contributed by atoms with Gasteiger partial charge in [0.05, 0.1) is 38.0 Å². The summed E-state index contributed by atoms with van der Waals surface area (Å²) >= 11 is 0. The number of nitrogens with zero attached hydrogens (tertiary/aromatic N) is 2. The lowest BCUT2D eigenvalue weighted by molar-refractivity contribution is -0.119. The van der Waals surface area contributed by atoms with Crippen LogP contribution in [-0.2, 0) is 32.6 Å². The fourth-order valence-electron chi connectivity index (χ4n) is 4.18. The number of ether oxygens (including phenoxy) is 3. The quantitative estimate of drug-likeness (QED) is 0.400. The van der Waals surface area contributed by atoms with Crippen LogP contribution >= 0.6 is 0 Å². The Bertz CT molecular complexity index is 1310. The number of nitrogens with one attached hydrogen (secondary N) is 1. The van der Waals surface area contributed by atoms with Crippen molar-refractivity contribution in [3.05, 3.63) is 83.9 Å². The molecule has 0 spiro atoms. The zero-order valence-corrected chi connectivity index (χ0v) is 22.4. The molecule has 1 saturated heterocycles. The van der Waals surface area contributed by atoms with Crippen LogP contribution in [0.3, 0.4) is 0 Å². The molecule has 1 fully saturated rings. The summed E-state index contributed by atoms with van der Waals surface area (Å²) in [6, 6.07) is 20.8. The number of sulfonamides is 1. The van der Waals surface area contributed by atoms with Gasteiger partial charge in [0, 0.05) is 26.2 Å². The second kappa shape index (κ2) is 12.8. The van der Waals surface area contributed by atoms with Crippen LogP contribution in [0, 0.1) is 0 Å². The maximum absolute atomic E-state index is 13.6. The molecule has 1 N–H and O–H groups in total. The first-order valence-electron chi connectivity index (χ1n) is 12.3. The van der Waals surface area contributed by atoms with E-state index in [0.29, 0.717) is 11.5 Å². The molecule has 0 bridgehead atoms. The summed E-state index contributed by atoms with van der Waals surface area (Å²) in [5, 5.41) is 2.85. The summed E-state index contributed by atoms with van der Waals surface area (Å²) in [6.45, 7) is 4.06. The lowest BCUT2D eigenvalue weighted by Gasteiger charge is -2.26. The fraction of sp³-hybridized carbons (Fsp3) is 0.321. The van der Waals surface area contributed by atoms with E-state index in [-0.39, 0.29) is 17.1 Å². The molecule has 10 heteroatoms. The Balaban J connectivity index is 1.46. The van der Waals surface area contributed by atoms with E-state index >= 15 is 0 Å². The first-order chi connectivity index (χ1) is 18.4. The fourth-order valence-corrected chi connectivity index (χ4v) is 5.61. The molecule has 0 saturated carbocycles. The van der Waals surface area contributed by atoms with Crippen LogP contribution in [0.4, 0.5) is 5.69 Å². The molecule has 38 heavy (non-hydrogen) atoms. The molecule has 1 amide bonds. The smallest absolute Gasteiger partial charge is 0.264 e. The Labute approximate surface area is 224 Å². The number of morpholine rings is 1. The third-order valence-corrected chi connectivity index (χ3v) is 8.09. The molecule has 1 heterocycles. The van der Waals surface area contributed by atoms with Gasteiger partial charge in [-0.05, 0) is 47.5 Å². The third-order valence-electron chi connectivity index (χ3n) is 6.31. The van der Waals surface area contributed by atoms with Crippen molar-refractivity contribution in [3.8, 4) is 11.5 Å². The van der Waals surface area contributed by atoms with Crippen molar-refractivity contribution in [2.75, 3.05) is 51.4 Å². The maximum atomic E-state index is 13.6. The molecule has 4 rings (SSSR count). The van der Waals surface area contributed by atoms with Crippen molar-refractivity contribution in [1.29, 1.82) is 0 Å². The van der Waals surface area contributed by atoms with Crippen LogP contribution < -0.4 is 19.1 Å². The van der Waals surface area contributed by atoms with Crippen LogP contribution in [-0.4, -0.2) is 66.3 Å². The normalized spacial score (nSPS) is 14.1. The van der Waals surface area contributed by atoms with Gasteiger partial charge in [-0.25, -0.2) is 8.42 Å². The number of methoxy groups -OCH3 is 2. The topological polar surface area (TPSA) is 97.4 Å². The standard InChI is InChI=1S/C28H33N3O6S/c1-35-24-11-13-25(14-12-24)38(33,34)31(26-5-3-4-6-27(26)36-2)21-28(32)29-19-22-7-9-23(10-8-22)20-30-15-17-37-18-16-30/h3-14H,15-21H2,1-2H3,(H,29,32). The van der Waals surface area contributed by atoms with Gasteiger partial charge in [0.1, 0.15) is 18.0 Å². The van der Waals surface area contributed by atoms with E-state index in [1.54, 1.807) is 36.4 Å². The SMILES string of the molecule is COc1ccc(S(=O)(=O)N(CC(=O)NCc2ccc(CN3CCOCC3)cc2)c2ccccc2OC)cc1.